The molecule has 0 amide bonds. The second kappa shape index (κ2) is 8.71. The molecule has 2 unspecified atom stereocenters. The molecule has 17 heavy (non-hydrogen) atoms. The third-order valence-corrected chi connectivity index (χ3v) is 3.65. The monoisotopic (exact) mass is 239 g/mol. The molecule has 1 aliphatic carbocycles. The molecular formula is C15H29NO. The molecule has 0 heterocycles. The molecule has 0 radical (unpaired) electrons. The van der Waals surface area contributed by atoms with Crippen LogP contribution < -0.4 is 5.32 Å². The Bertz CT molecular complexity index is 201. The normalized spacial score (nSPS) is 18.9. The van der Waals surface area contributed by atoms with Crippen LogP contribution in [0.4, 0.5) is 0 Å². The Hall–Kier alpha value is -0.340. The lowest BCUT2D eigenvalue weighted by Gasteiger charge is -2.27. The first-order valence-electron chi connectivity index (χ1n) is 7.20. The molecule has 100 valence electrons. The van der Waals surface area contributed by atoms with E-state index >= 15 is 0 Å². The van der Waals surface area contributed by atoms with Gasteiger partial charge in [-0.2, -0.15) is 0 Å². The minimum atomic E-state index is 0.439. The van der Waals surface area contributed by atoms with Gasteiger partial charge in [0.05, 0.1) is 6.10 Å². The molecule has 2 nitrogen and oxygen atoms in total. The molecule has 2 atom stereocenters. The molecule has 0 aliphatic heterocycles. The molecule has 0 saturated heterocycles. The molecule has 1 fully saturated rings. The molecule has 1 rings (SSSR count). The lowest BCUT2D eigenvalue weighted by Crippen LogP contribution is -2.42. The maximum absolute atomic E-state index is 5.69. The van der Waals surface area contributed by atoms with Crippen LogP contribution in [0, 0.1) is 5.92 Å². The standard InChI is InChI=1S/C15H29NO/c1-4-6-7-8-9-10-14(16-5-2)15(17-3)13-11-12-13/h4,13-16H,1,5-12H2,2-3H3. The number of nitrogens with one attached hydrogen (secondary N) is 1. The molecule has 0 aromatic carbocycles. The fraction of sp³-hybridized carbons (Fsp3) is 0.867. The minimum Gasteiger partial charge on any atom is -0.380 e. The van der Waals surface area contributed by atoms with Gasteiger partial charge in [0.2, 0.25) is 0 Å². The van der Waals surface area contributed by atoms with Gasteiger partial charge in [-0.1, -0.05) is 25.8 Å². The quantitative estimate of drug-likeness (QED) is 0.440. The summed E-state index contributed by atoms with van der Waals surface area (Å²) in [5.41, 5.74) is 0. The predicted octanol–water partition coefficient (Wildman–Crippen LogP) is 3.53. The van der Waals surface area contributed by atoms with Gasteiger partial charge < -0.3 is 10.1 Å². The van der Waals surface area contributed by atoms with Crippen LogP contribution in [0.5, 0.6) is 0 Å². The molecule has 0 bridgehead atoms. The van der Waals surface area contributed by atoms with Crippen LogP contribution in [0.3, 0.4) is 0 Å². The second-order valence-corrected chi connectivity index (χ2v) is 5.13. The van der Waals surface area contributed by atoms with Crippen molar-refractivity contribution in [3.8, 4) is 0 Å². The van der Waals surface area contributed by atoms with Gasteiger partial charge >= 0.3 is 0 Å². The Kier molecular flexibility index (Phi) is 7.54. The Morgan fingerprint density at radius 3 is 2.65 bits per heavy atom. The highest BCUT2D eigenvalue weighted by Gasteiger charge is 2.36. The third kappa shape index (κ3) is 5.69. The highest BCUT2D eigenvalue weighted by molar-refractivity contribution is 4.90. The van der Waals surface area contributed by atoms with Crippen molar-refractivity contribution in [3.05, 3.63) is 12.7 Å². The summed E-state index contributed by atoms with van der Waals surface area (Å²) in [5, 5.41) is 3.60. The summed E-state index contributed by atoms with van der Waals surface area (Å²) >= 11 is 0. The second-order valence-electron chi connectivity index (χ2n) is 5.13. The first-order valence-corrected chi connectivity index (χ1v) is 7.20. The Labute approximate surface area is 107 Å². The van der Waals surface area contributed by atoms with Crippen LogP contribution in [0.15, 0.2) is 12.7 Å². The van der Waals surface area contributed by atoms with Gasteiger partial charge in [0.25, 0.3) is 0 Å². The summed E-state index contributed by atoms with van der Waals surface area (Å²) in [4.78, 5) is 0. The van der Waals surface area contributed by atoms with E-state index in [1.165, 1.54) is 38.5 Å². The number of hydrogen-bond acceptors (Lipinski definition) is 2. The maximum atomic E-state index is 5.69. The molecule has 0 spiro atoms. The Morgan fingerprint density at radius 2 is 2.12 bits per heavy atom. The summed E-state index contributed by atoms with van der Waals surface area (Å²) in [6.45, 7) is 6.99. The van der Waals surface area contributed by atoms with Crippen molar-refractivity contribution in [3.63, 3.8) is 0 Å². The molecular weight excluding hydrogens is 210 g/mol. The minimum absolute atomic E-state index is 0.439. The zero-order valence-electron chi connectivity index (χ0n) is 11.6. The van der Waals surface area contributed by atoms with Crippen molar-refractivity contribution in [2.45, 2.75) is 64.0 Å². The van der Waals surface area contributed by atoms with Gasteiger partial charge in [-0.3, -0.25) is 0 Å². The van der Waals surface area contributed by atoms with Crippen molar-refractivity contribution in [2.75, 3.05) is 13.7 Å². The first kappa shape index (κ1) is 14.7. The summed E-state index contributed by atoms with van der Waals surface area (Å²) in [5.74, 6) is 0.817. The smallest absolute Gasteiger partial charge is 0.0752 e. The molecule has 1 N–H and O–H groups in total. The topological polar surface area (TPSA) is 21.3 Å². The molecule has 1 aliphatic rings. The number of methoxy groups -OCH3 is 1. The molecule has 0 aromatic rings. The first-order chi connectivity index (χ1) is 8.33. The summed E-state index contributed by atoms with van der Waals surface area (Å²) < 4.78 is 5.69. The SMILES string of the molecule is C=CCCCCCC(NCC)C(OC)C1CC1. The highest BCUT2D eigenvalue weighted by Crippen LogP contribution is 2.36. The number of allylic oxidation sites excluding steroid dienone is 1. The number of unbranched alkanes of at least 4 members (excludes halogenated alkanes) is 3. The zero-order chi connectivity index (χ0) is 12.5. The average Bonchev–Trinajstić information content (AvgIpc) is 3.14. The van der Waals surface area contributed by atoms with Gasteiger partial charge in [0, 0.05) is 13.2 Å². The zero-order valence-corrected chi connectivity index (χ0v) is 11.6. The lowest BCUT2D eigenvalue weighted by atomic mass is 9.99. The van der Waals surface area contributed by atoms with Crippen LogP contribution >= 0.6 is 0 Å². The van der Waals surface area contributed by atoms with E-state index in [0.29, 0.717) is 12.1 Å². The van der Waals surface area contributed by atoms with E-state index in [-0.39, 0.29) is 0 Å². The van der Waals surface area contributed by atoms with Gasteiger partial charge in [0.1, 0.15) is 0 Å². The largest absolute Gasteiger partial charge is 0.380 e. The lowest BCUT2D eigenvalue weighted by molar-refractivity contribution is 0.0480. The summed E-state index contributed by atoms with van der Waals surface area (Å²) in [6, 6.07) is 0.557. The van der Waals surface area contributed by atoms with E-state index in [1.54, 1.807) is 0 Å². The number of hydrogen-bond donors (Lipinski definition) is 1. The predicted molar refractivity (Wildman–Crippen MR) is 74.3 cm³/mol. The van der Waals surface area contributed by atoms with E-state index in [4.69, 9.17) is 4.74 Å². The van der Waals surface area contributed by atoms with Crippen LogP contribution in [-0.4, -0.2) is 25.8 Å². The molecule has 1 saturated carbocycles. The van der Waals surface area contributed by atoms with Gasteiger partial charge in [-0.05, 0) is 44.6 Å². The van der Waals surface area contributed by atoms with E-state index < -0.39 is 0 Å². The number of rotatable bonds is 11. The molecule has 2 heteroatoms. The van der Waals surface area contributed by atoms with E-state index in [9.17, 15) is 0 Å². The summed E-state index contributed by atoms with van der Waals surface area (Å²) in [6.07, 6.45) is 11.5. The highest BCUT2D eigenvalue weighted by atomic mass is 16.5. The molecule has 0 aromatic heterocycles. The number of ether oxygens (including phenoxy) is 1. The Balaban J connectivity index is 2.23. The van der Waals surface area contributed by atoms with Crippen molar-refractivity contribution in [2.24, 2.45) is 5.92 Å². The fourth-order valence-electron chi connectivity index (χ4n) is 2.58. The van der Waals surface area contributed by atoms with E-state index in [1.807, 2.05) is 13.2 Å². The van der Waals surface area contributed by atoms with Crippen LogP contribution in [0.1, 0.15) is 51.9 Å². The van der Waals surface area contributed by atoms with Crippen molar-refractivity contribution >= 4 is 0 Å². The van der Waals surface area contributed by atoms with Gasteiger partial charge in [0.15, 0.2) is 0 Å². The van der Waals surface area contributed by atoms with Gasteiger partial charge in [-0.15, -0.1) is 6.58 Å². The fourth-order valence-corrected chi connectivity index (χ4v) is 2.58. The van der Waals surface area contributed by atoms with E-state index in [2.05, 4.69) is 18.8 Å². The third-order valence-electron chi connectivity index (χ3n) is 3.65. The van der Waals surface area contributed by atoms with Crippen LogP contribution in [0.2, 0.25) is 0 Å². The average molecular weight is 239 g/mol. The van der Waals surface area contributed by atoms with Crippen molar-refractivity contribution < 1.29 is 4.74 Å². The van der Waals surface area contributed by atoms with Crippen molar-refractivity contribution in [1.82, 2.24) is 5.32 Å². The van der Waals surface area contributed by atoms with E-state index in [0.717, 1.165) is 18.9 Å². The van der Waals surface area contributed by atoms with Crippen LogP contribution in [0.25, 0.3) is 0 Å². The van der Waals surface area contributed by atoms with Gasteiger partial charge in [-0.25, -0.2) is 0 Å². The van der Waals surface area contributed by atoms with Crippen LogP contribution in [-0.2, 0) is 4.74 Å². The summed E-state index contributed by atoms with van der Waals surface area (Å²) in [7, 11) is 1.87. The Morgan fingerprint density at radius 1 is 1.35 bits per heavy atom. The maximum Gasteiger partial charge on any atom is 0.0752 e. The van der Waals surface area contributed by atoms with Crippen molar-refractivity contribution in [1.29, 1.82) is 0 Å². The number of likely N-dealkylation sites (N-methyl/N-ethyl adjacent to an activating group) is 1.